The molecule has 2 aromatic rings. The molecule has 104 valence electrons. The van der Waals surface area contributed by atoms with Gasteiger partial charge in [-0.1, -0.05) is 24.3 Å². The van der Waals surface area contributed by atoms with E-state index in [1.807, 2.05) is 18.3 Å². The number of aromatic nitrogens is 1. The maximum atomic E-state index is 5.76. The monoisotopic (exact) mass is 332 g/mol. The van der Waals surface area contributed by atoms with E-state index in [1.54, 1.807) is 0 Å². The Morgan fingerprint density at radius 2 is 2.05 bits per heavy atom. The lowest BCUT2D eigenvalue weighted by Crippen LogP contribution is -2.33. The Hall–Kier alpha value is -1.23. The van der Waals surface area contributed by atoms with Crippen LogP contribution in [0.3, 0.4) is 0 Å². The van der Waals surface area contributed by atoms with Crippen molar-refractivity contribution in [1.82, 2.24) is 10.3 Å². The van der Waals surface area contributed by atoms with Gasteiger partial charge < -0.3 is 10.1 Å². The molecule has 0 saturated carbocycles. The van der Waals surface area contributed by atoms with Gasteiger partial charge in [0.15, 0.2) is 0 Å². The molecule has 1 aromatic heterocycles. The highest BCUT2D eigenvalue weighted by Gasteiger charge is 2.15. The molecule has 3 nitrogen and oxygen atoms in total. The number of hydrogen-bond acceptors (Lipinski definition) is 3. The van der Waals surface area contributed by atoms with Gasteiger partial charge in [0.1, 0.15) is 0 Å². The minimum atomic E-state index is 0.184. The molecule has 1 fully saturated rings. The van der Waals surface area contributed by atoms with Crippen LogP contribution in [0.5, 0.6) is 0 Å². The van der Waals surface area contributed by atoms with Crippen LogP contribution in [0.1, 0.15) is 22.9 Å². The Morgan fingerprint density at radius 3 is 2.70 bits per heavy atom. The Bertz CT molecular complexity index is 548. The van der Waals surface area contributed by atoms with Crippen LogP contribution in [0.15, 0.2) is 47.1 Å². The van der Waals surface area contributed by atoms with Crippen LogP contribution in [0.4, 0.5) is 0 Å². The van der Waals surface area contributed by atoms with Gasteiger partial charge in [-0.15, -0.1) is 0 Å². The minimum absolute atomic E-state index is 0.184. The third-order valence-corrected chi connectivity index (χ3v) is 3.92. The van der Waals surface area contributed by atoms with E-state index in [4.69, 9.17) is 4.74 Å². The SMILES string of the molecule is Brc1ccc(Cc2ccc([C@H]3CNCCO3)cc2)nc1. The summed E-state index contributed by atoms with van der Waals surface area (Å²) in [6, 6.07) is 12.7. The summed E-state index contributed by atoms with van der Waals surface area (Å²) in [4.78, 5) is 4.40. The van der Waals surface area contributed by atoms with E-state index < -0.39 is 0 Å². The van der Waals surface area contributed by atoms with E-state index >= 15 is 0 Å². The van der Waals surface area contributed by atoms with Crippen molar-refractivity contribution in [2.75, 3.05) is 19.7 Å². The fourth-order valence-corrected chi connectivity index (χ4v) is 2.58. The van der Waals surface area contributed by atoms with E-state index in [-0.39, 0.29) is 6.10 Å². The standard InChI is InChI=1S/C16H17BrN2O/c17-14-5-6-15(19-10-14)9-12-1-3-13(4-2-12)16-11-18-7-8-20-16/h1-6,10,16,18H,7-9,11H2/t16-/m1/s1. The molecule has 1 aliphatic rings. The summed E-state index contributed by atoms with van der Waals surface area (Å²) in [5.74, 6) is 0. The summed E-state index contributed by atoms with van der Waals surface area (Å²) in [6.45, 7) is 2.63. The van der Waals surface area contributed by atoms with Gasteiger partial charge in [0, 0.05) is 35.9 Å². The van der Waals surface area contributed by atoms with E-state index in [1.165, 1.54) is 11.1 Å². The second kappa shape index (κ2) is 6.48. The number of hydrogen-bond donors (Lipinski definition) is 1. The van der Waals surface area contributed by atoms with Gasteiger partial charge in [-0.3, -0.25) is 4.98 Å². The molecular weight excluding hydrogens is 316 g/mol. The van der Waals surface area contributed by atoms with Gasteiger partial charge in [0.2, 0.25) is 0 Å². The fraction of sp³-hybridized carbons (Fsp3) is 0.312. The number of nitrogens with zero attached hydrogens (tertiary/aromatic N) is 1. The topological polar surface area (TPSA) is 34.1 Å². The van der Waals surface area contributed by atoms with Crippen LogP contribution in [-0.4, -0.2) is 24.7 Å². The lowest BCUT2D eigenvalue weighted by Gasteiger charge is -2.24. The first kappa shape index (κ1) is 13.7. The van der Waals surface area contributed by atoms with Crippen molar-refractivity contribution in [3.8, 4) is 0 Å². The predicted octanol–water partition coefficient (Wildman–Crippen LogP) is 3.10. The van der Waals surface area contributed by atoms with Crippen molar-refractivity contribution in [2.24, 2.45) is 0 Å². The Balaban J connectivity index is 1.67. The number of pyridine rings is 1. The summed E-state index contributed by atoms with van der Waals surface area (Å²) in [5.41, 5.74) is 3.59. The molecule has 1 atom stereocenters. The smallest absolute Gasteiger partial charge is 0.0949 e. The summed E-state index contributed by atoms with van der Waals surface area (Å²) >= 11 is 3.40. The largest absolute Gasteiger partial charge is 0.371 e. The molecule has 0 amide bonds. The maximum absolute atomic E-state index is 5.76. The second-order valence-corrected chi connectivity index (χ2v) is 5.87. The third-order valence-electron chi connectivity index (χ3n) is 3.45. The van der Waals surface area contributed by atoms with E-state index in [2.05, 4.69) is 50.5 Å². The zero-order valence-electron chi connectivity index (χ0n) is 11.2. The molecule has 0 aliphatic carbocycles. The van der Waals surface area contributed by atoms with E-state index in [0.29, 0.717) is 0 Å². The number of benzene rings is 1. The zero-order chi connectivity index (χ0) is 13.8. The van der Waals surface area contributed by atoms with Crippen LogP contribution in [0.2, 0.25) is 0 Å². The molecular formula is C16H17BrN2O. The van der Waals surface area contributed by atoms with Gasteiger partial charge in [-0.05, 0) is 39.2 Å². The molecule has 1 saturated heterocycles. The lowest BCUT2D eigenvalue weighted by molar-refractivity contribution is 0.0277. The minimum Gasteiger partial charge on any atom is -0.371 e. The molecule has 1 aliphatic heterocycles. The van der Waals surface area contributed by atoms with Crippen molar-refractivity contribution in [3.05, 3.63) is 63.9 Å². The molecule has 20 heavy (non-hydrogen) atoms. The molecule has 1 aromatic carbocycles. The number of nitrogens with one attached hydrogen (secondary N) is 1. The normalized spacial score (nSPS) is 18.9. The van der Waals surface area contributed by atoms with Crippen molar-refractivity contribution in [1.29, 1.82) is 0 Å². The molecule has 0 bridgehead atoms. The first-order valence-corrected chi connectivity index (χ1v) is 7.62. The Morgan fingerprint density at radius 1 is 1.20 bits per heavy atom. The second-order valence-electron chi connectivity index (χ2n) is 4.95. The third kappa shape index (κ3) is 3.45. The summed E-state index contributed by atoms with van der Waals surface area (Å²) < 4.78 is 6.77. The molecule has 0 spiro atoms. The average molecular weight is 333 g/mol. The zero-order valence-corrected chi connectivity index (χ0v) is 12.8. The number of rotatable bonds is 3. The molecule has 3 rings (SSSR count). The van der Waals surface area contributed by atoms with Gasteiger partial charge in [0.05, 0.1) is 12.7 Å². The van der Waals surface area contributed by atoms with Crippen molar-refractivity contribution < 1.29 is 4.74 Å². The number of halogens is 1. The van der Waals surface area contributed by atoms with Crippen LogP contribution >= 0.6 is 15.9 Å². The number of morpholine rings is 1. The Labute approximate surface area is 127 Å². The van der Waals surface area contributed by atoms with Crippen LogP contribution in [0.25, 0.3) is 0 Å². The van der Waals surface area contributed by atoms with Crippen molar-refractivity contribution >= 4 is 15.9 Å². The maximum Gasteiger partial charge on any atom is 0.0949 e. The van der Waals surface area contributed by atoms with Crippen LogP contribution < -0.4 is 5.32 Å². The van der Waals surface area contributed by atoms with Gasteiger partial charge in [-0.2, -0.15) is 0 Å². The summed E-state index contributed by atoms with van der Waals surface area (Å²) in [6.07, 6.45) is 2.88. The molecule has 4 heteroatoms. The quantitative estimate of drug-likeness (QED) is 0.937. The van der Waals surface area contributed by atoms with Gasteiger partial charge >= 0.3 is 0 Å². The van der Waals surface area contributed by atoms with E-state index in [9.17, 15) is 0 Å². The predicted molar refractivity (Wildman–Crippen MR) is 82.7 cm³/mol. The van der Waals surface area contributed by atoms with Crippen molar-refractivity contribution in [2.45, 2.75) is 12.5 Å². The van der Waals surface area contributed by atoms with Crippen LogP contribution in [0, 0.1) is 0 Å². The summed E-state index contributed by atoms with van der Waals surface area (Å²) in [7, 11) is 0. The van der Waals surface area contributed by atoms with Gasteiger partial charge in [-0.25, -0.2) is 0 Å². The fourth-order valence-electron chi connectivity index (χ4n) is 2.35. The first-order valence-electron chi connectivity index (χ1n) is 6.83. The first-order chi connectivity index (χ1) is 9.81. The highest BCUT2D eigenvalue weighted by Crippen LogP contribution is 2.20. The van der Waals surface area contributed by atoms with E-state index in [0.717, 1.165) is 36.3 Å². The molecule has 0 unspecified atom stereocenters. The molecule has 2 heterocycles. The molecule has 0 radical (unpaired) electrons. The highest BCUT2D eigenvalue weighted by atomic mass is 79.9. The lowest BCUT2D eigenvalue weighted by atomic mass is 10.0. The van der Waals surface area contributed by atoms with Crippen molar-refractivity contribution in [3.63, 3.8) is 0 Å². The average Bonchev–Trinajstić information content (AvgIpc) is 2.51. The molecule has 1 N–H and O–H groups in total. The Kier molecular flexibility index (Phi) is 4.45. The number of ether oxygens (including phenoxy) is 1. The van der Waals surface area contributed by atoms with Gasteiger partial charge in [0.25, 0.3) is 0 Å². The van der Waals surface area contributed by atoms with Crippen LogP contribution in [-0.2, 0) is 11.2 Å². The summed E-state index contributed by atoms with van der Waals surface area (Å²) in [5, 5.41) is 3.35. The highest BCUT2D eigenvalue weighted by molar-refractivity contribution is 9.10.